The number of nitrogens with zero attached hydrogens (tertiary/aromatic N) is 1. The summed E-state index contributed by atoms with van der Waals surface area (Å²) in [5, 5.41) is 3.96. The number of anilines is 2. The van der Waals surface area contributed by atoms with Crippen molar-refractivity contribution < 1.29 is 4.79 Å². The molecule has 128 valence electrons. The van der Waals surface area contributed by atoms with E-state index in [1.807, 2.05) is 61.5 Å². The third-order valence-electron chi connectivity index (χ3n) is 4.16. The number of thiophene rings is 1. The Bertz CT molecular complexity index is 1120. The Kier molecular flexibility index (Phi) is 4.14. The third-order valence-corrected chi connectivity index (χ3v) is 5.31. The molecule has 1 amide bonds. The summed E-state index contributed by atoms with van der Waals surface area (Å²) in [4.78, 5) is 17.8. The van der Waals surface area contributed by atoms with Crippen molar-refractivity contribution in [3.05, 3.63) is 78.0 Å². The van der Waals surface area contributed by atoms with Gasteiger partial charge in [-0.25, -0.2) is 4.98 Å². The van der Waals surface area contributed by atoms with Crippen LogP contribution in [-0.2, 0) is 0 Å². The summed E-state index contributed by atoms with van der Waals surface area (Å²) >= 11 is 1.64. The van der Waals surface area contributed by atoms with E-state index >= 15 is 0 Å². The van der Waals surface area contributed by atoms with Crippen molar-refractivity contribution in [1.29, 1.82) is 0 Å². The van der Waals surface area contributed by atoms with Crippen LogP contribution in [0.15, 0.2) is 66.9 Å². The van der Waals surface area contributed by atoms with Gasteiger partial charge in [-0.05, 0) is 66.4 Å². The molecule has 0 saturated heterocycles. The quantitative estimate of drug-likeness (QED) is 0.534. The van der Waals surface area contributed by atoms with Gasteiger partial charge in [-0.3, -0.25) is 4.79 Å². The number of hydrogen-bond donors (Lipinski definition) is 2. The first-order valence-corrected chi connectivity index (χ1v) is 9.04. The van der Waals surface area contributed by atoms with Crippen LogP contribution >= 0.6 is 11.3 Å². The second-order valence-corrected chi connectivity index (χ2v) is 7.21. The Hall–Kier alpha value is -3.18. The zero-order chi connectivity index (χ0) is 18.1. The first kappa shape index (κ1) is 16.3. The number of fused-ring (bicyclic) bond motifs is 1. The number of amides is 1. The summed E-state index contributed by atoms with van der Waals surface area (Å²) in [6, 6.07) is 19.4. The predicted octanol–water partition coefficient (Wildman–Crippen LogP) is 5.11. The minimum Gasteiger partial charge on any atom is -0.383 e. The number of rotatable bonds is 3. The smallest absolute Gasteiger partial charge is 0.255 e. The number of pyridine rings is 1. The van der Waals surface area contributed by atoms with E-state index in [1.54, 1.807) is 17.5 Å². The van der Waals surface area contributed by atoms with Crippen LogP contribution in [0.4, 0.5) is 11.5 Å². The number of hydrogen-bond acceptors (Lipinski definition) is 4. The first-order chi connectivity index (χ1) is 12.6. The number of nitrogens with two attached hydrogens (primary N) is 1. The lowest BCUT2D eigenvalue weighted by Crippen LogP contribution is -2.11. The van der Waals surface area contributed by atoms with E-state index in [0.717, 1.165) is 31.8 Å². The summed E-state index contributed by atoms with van der Waals surface area (Å²) in [6.07, 6.45) is 1.68. The molecule has 0 unspecified atom stereocenters. The summed E-state index contributed by atoms with van der Waals surface area (Å²) in [6.45, 7) is 2.00. The van der Waals surface area contributed by atoms with Gasteiger partial charge in [0.2, 0.25) is 0 Å². The Balaban J connectivity index is 1.65. The van der Waals surface area contributed by atoms with Gasteiger partial charge < -0.3 is 11.1 Å². The zero-order valence-corrected chi connectivity index (χ0v) is 15.0. The van der Waals surface area contributed by atoms with Crippen molar-refractivity contribution in [3.8, 4) is 10.4 Å². The van der Waals surface area contributed by atoms with E-state index in [1.165, 1.54) is 0 Å². The maximum Gasteiger partial charge on any atom is 0.255 e. The number of carbonyl (C=O) groups excluding carboxylic acids is 1. The van der Waals surface area contributed by atoms with Crippen LogP contribution in [0.3, 0.4) is 0 Å². The number of aromatic nitrogens is 1. The highest BCUT2D eigenvalue weighted by atomic mass is 32.1. The van der Waals surface area contributed by atoms with Crippen molar-refractivity contribution in [2.75, 3.05) is 11.1 Å². The highest BCUT2D eigenvalue weighted by Gasteiger charge is 2.11. The van der Waals surface area contributed by atoms with E-state index in [2.05, 4.69) is 16.4 Å². The van der Waals surface area contributed by atoms with Crippen molar-refractivity contribution in [3.63, 3.8) is 0 Å². The van der Waals surface area contributed by atoms with Crippen molar-refractivity contribution >= 4 is 38.8 Å². The van der Waals surface area contributed by atoms with Crippen molar-refractivity contribution in [2.24, 2.45) is 0 Å². The SMILES string of the molecule is Cc1cccc(NC(=O)c2ccc3sc(-c4cccnc4N)cc3c2)c1. The maximum absolute atomic E-state index is 12.6. The molecule has 0 saturated carbocycles. The minimum absolute atomic E-state index is 0.119. The molecule has 0 atom stereocenters. The Morgan fingerprint density at radius 3 is 2.77 bits per heavy atom. The van der Waals surface area contributed by atoms with Crippen LogP contribution in [0.2, 0.25) is 0 Å². The summed E-state index contributed by atoms with van der Waals surface area (Å²) < 4.78 is 1.11. The van der Waals surface area contributed by atoms with E-state index in [4.69, 9.17) is 5.73 Å². The van der Waals surface area contributed by atoms with Gasteiger partial charge in [-0.15, -0.1) is 11.3 Å². The predicted molar refractivity (Wildman–Crippen MR) is 109 cm³/mol. The molecule has 2 aromatic heterocycles. The first-order valence-electron chi connectivity index (χ1n) is 8.22. The average molecular weight is 359 g/mol. The van der Waals surface area contributed by atoms with Crippen LogP contribution < -0.4 is 11.1 Å². The molecule has 4 rings (SSSR count). The van der Waals surface area contributed by atoms with Gasteiger partial charge in [-0.2, -0.15) is 0 Å². The molecule has 0 radical (unpaired) electrons. The molecule has 0 aliphatic rings. The number of nitrogens with one attached hydrogen (secondary N) is 1. The number of nitrogen functional groups attached to an aromatic ring is 1. The fourth-order valence-corrected chi connectivity index (χ4v) is 3.95. The normalized spacial score (nSPS) is 10.8. The lowest BCUT2D eigenvalue weighted by atomic mass is 10.1. The lowest BCUT2D eigenvalue weighted by molar-refractivity contribution is 0.102. The average Bonchev–Trinajstić information content (AvgIpc) is 3.05. The summed E-state index contributed by atoms with van der Waals surface area (Å²) in [7, 11) is 0. The molecule has 0 spiro atoms. The molecule has 0 bridgehead atoms. The van der Waals surface area contributed by atoms with E-state index in [-0.39, 0.29) is 5.91 Å². The molecular formula is C21H17N3OS. The maximum atomic E-state index is 12.6. The topological polar surface area (TPSA) is 68.0 Å². The van der Waals surface area contributed by atoms with Gasteiger partial charge in [0.1, 0.15) is 5.82 Å². The van der Waals surface area contributed by atoms with Crippen LogP contribution in [0, 0.1) is 6.92 Å². The lowest BCUT2D eigenvalue weighted by Gasteiger charge is -2.06. The van der Waals surface area contributed by atoms with E-state index in [0.29, 0.717) is 11.4 Å². The van der Waals surface area contributed by atoms with Crippen LogP contribution in [0.5, 0.6) is 0 Å². The Morgan fingerprint density at radius 1 is 1.08 bits per heavy atom. The van der Waals surface area contributed by atoms with Crippen LogP contribution in [0.1, 0.15) is 15.9 Å². The highest BCUT2D eigenvalue weighted by Crippen LogP contribution is 2.35. The van der Waals surface area contributed by atoms with Crippen molar-refractivity contribution in [1.82, 2.24) is 4.98 Å². The Morgan fingerprint density at radius 2 is 1.96 bits per heavy atom. The molecule has 4 aromatic rings. The molecule has 5 heteroatoms. The van der Waals surface area contributed by atoms with Gasteiger partial charge in [0.05, 0.1) is 0 Å². The molecule has 0 aliphatic carbocycles. The van der Waals surface area contributed by atoms with E-state index in [9.17, 15) is 4.79 Å². The molecule has 2 aromatic carbocycles. The van der Waals surface area contributed by atoms with Gasteiger partial charge in [0, 0.05) is 32.6 Å². The van der Waals surface area contributed by atoms with Crippen molar-refractivity contribution in [2.45, 2.75) is 6.92 Å². The van der Waals surface area contributed by atoms with E-state index < -0.39 is 0 Å². The zero-order valence-electron chi connectivity index (χ0n) is 14.2. The van der Waals surface area contributed by atoms with Crippen LogP contribution in [0.25, 0.3) is 20.5 Å². The third kappa shape index (κ3) is 3.17. The number of benzene rings is 2. The standard InChI is InChI=1S/C21H17N3OS/c1-13-4-2-5-16(10-13)24-21(25)14-7-8-18-15(11-14)12-19(26-18)17-6-3-9-23-20(17)22/h2-12H,1H3,(H2,22,23)(H,24,25). The minimum atomic E-state index is -0.119. The summed E-state index contributed by atoms with van der Waals surface area (Å²) in [5.74, 6) is 0.391. The monoisotopic (exact) mass is 359 g/mol. The van der Waals surface area contributed by atoms with Crippen LogP contribution in [-0.4, -0.2) is 10.9 Å². The molecule has 0 aliphatic heterocycles. The number of carbonyl (C=O) groups is 1. The molecule has 2 heterocycles. The number of aryl methyl sites for hydroxylation is 1. The van der Waals surface area contributed by atoms with Gasteiger partial charge >= 0.3 is 0 Å². The Labute approximate surface area is 155 Å². The second kappa shape index (κ2) is 6.61. The summed E-state index contributed by atoms with van der Waals surface area (Å²) in [5.41, 5.74) is 9.43. The second-order valence-electron chi connectivity index (χ2n) is 6.12. The highest BCUT2D eigenvalue weighted by molar-refractivity contribution is 7.22. The molecule has 26 heavy (non-hydrogen) atoms. The fraction of sp³-hybridized carbons (Fsp3) is 0.0476. The largest absolute Gasteiger partial charge is 0.383 e. The van der Waals surface area contributed by atoms with Gasteiger partial charge in [0.25, 0.3) is 5.91 Å². The molecule has 0 fully saturated rings. The molecule has 3 N–H and O–H groups in total. The molecular weight excluding hydrogens is 342 g/mol. The fourth-order valence-electron chi connectivity index (χ4n) is 2.87. The van der Waals surface area contributed by atoms with Gasteiger partial charge in [-0.1, -0.05) is 12.1 Å². The molecule has 4 nitrogen and oxygen atoms in total. The van der Waals surface area contributed by atoms with Gasteiger partial charge in [0.15, 0.2) is 0 Å².